The number of carbonyl (C=O) groups excluding carboxylic acids is 1. The van der Waals surface area contributed by atoms with Crippen LogP contribution in [0, 0.1) is 6.92 Å². The number of likely N-dealkylation sites (N-methyl/N-ethyl adjacent to an activating group) is 1. The van der Waals surface area contributed by atoms with Gasteiger partial charge in [-0.1, -0.05) is 0 Å². The third-order valence-electron chi connectivity index (χ3n) is 3.16. The van der Waals surface area contributed by atoms with Crippen LogP contribution in [0.2, 0.25) is 5.22 Å². The molecule has 1 N–H and O–H groups in total. The van der Waals surface area contributed by atoms with Crippen LogP contribution in [-0.2, 0) is 6.54 Å². The molecule has 0 unspecified atom stereocenters. The second-order valence-electron chi connectivity index (χ2n) is 5.11. The van der Waals surface area contributed by atoms with E-state index < -0.39 is 0 Å². The van der Waals surface area contributed by atoms with Gasteiger partial charge in [-0.25, -0.2) is 4.98 Å². The summed E-state index contributed by atoms with van der Waals surface area (Å²) in [5, 5.41) is 0.210. The van der Waals surface area contributed by atoms with E-state index in [1.165, 1.54) is 0 Å². The van der Waals surface area contributed by atoms with Gasteiger partial charge in [0.15, 0.2) is 11.0 Å². The molecule has 0 aliphatic rings. The average Bonchev–Trinajstić information content (AvgIpc) is 3.03. The van der Waals surface area contributed by atoms with Crippen molar-refractivity contribution in [3.63, 3.8) is 0 Å². The number of amides is 1. The van der Waals surface area contributed by atoms with Crippen molar-refractivity contribution < 1.29 is 9.21 Å². The number of aromatic nitrogens is 2. The Morgan fingerprint density at radius 3 is 2.67 bits per heavy atom. The molecule has 1 amide bonds. The molecule has 0 fully saturated rings. The molecule has 0 saturated heterocycles. The number of nitrogens with one attached hydrogen (secondary N) is 1. The quantitative estimate of drug-likeness (QED) is 0.888. The number of aryl methyl sites for hydroxylation is 1. The molecule has 2 aromatic heterocycles. The number of halogens is 1. The van der Waals surface area contributed by atoms with Crippen LogP contribution in [0.4, 0.5) is 0 Å². The van der Waals surface area contributed by atoms with Crippen molar-refractivity contribution in [3.05, 3.63) is 40.8 Å². The molecule has 114 valence electrons. The van der Waals surface area contributed by atoms with Gasteiger partial charge in [0.1, 0.15) is 0 Å². The van der Waals surface area contributed by atoms with Crippen molar-refractivity contribution in [1.29, 1.82) is 0 Å². The maximum absolute atomic E-state index is 12.5. The number of imidazole rings is 1. The second kappa shape index (κ2) is 6.78. The summed E-state index contributed by atoms with van der Waals surface area (Å²) in [6.07, 6.45) is 1.63. The van der Waals surface area contributed by atoms with E-state index in [-0.39, 0.29) is 16.9 Å². The van der Waals surface area contributed by atoms with E-state index in [1.807, 2.05) is 25.9 Å². The Bertz CT molecular complexity index is 606. The molecule has 0 aliphatic heterocycles. The lowest BCUT2D eigenvalue weighted by Crippen LogP contribution is -2.36. The van der Waals surface area contributed by atoms with Crippen molar-refractivity contribution in [1.82, 2.24) is 19.8 Å². The van der Waals surface area contributed by atoms with E-state index in [4.69, 9.17) is 16.0 Å². The zero-order valence-corrected chi connectivity index (χ0v) is 13.1. The molecule has 0 saturated carbocycles. The Labute approximate surface area is 128 Å². The summed E-state index contributed by atoms with van der Waals surface area (Å²) in [6.45, 7) is 3.70. The van der Waals surface area contributed by atoms with Crippen LogP contribution >= 0.6 is 11.6 Å². The molecule has 7 heteroatoms. The Balaban J connectivity index is 2.15. The van der Waals surface area contributed by atoms with Gasteiger partial charge >= 0.3 is 0 Å². The maximum atomic E-state index is 12.5. The summed E-state index contributed by atoms with van der Waals surface area (Å²) in [5.74, 6) is 0.0538. The first kappa shape index (κ1) is 15.6. The summed E-state index contributed by atoms with van der Waals surface area (Å²) in [5.41, 5.74) is 1.80. The van der Waals surface area contributed by atoms with Crippen molar-refractivity contribution in [2.24, 2.45) is 0 Å². The lowest BCUT2D eigenvalue weighted by atomic mass is 10.3. The van der Waals surface area contributed by atoms with E-state index in [0.717, 1.165) is 17.9 Å². The van der Waals surface area contributed by atoms with Crippen LogP contribution in [-0.4, -0.2) is 52.9 Å². The average molecular weight is 311 g/mol. The standard InChI is InChI=1S/C14H19ClN4O2/c1-10-11(17-9-16-10)8-19(7-6-18(2)3)14(20)12-4-5-13(15)21-12/h4-5,9H,6-8H2,1-3H3,(H,16,17). The van der Waals surface area contributed by atoms with Gasteiger partial charge in [0, 0.05) is 18.8 Å². The smallest absolute Gasteiger partial charge is 0.290 e. The summed E-state index contributed by atoms with van der Waals surface area (Å²) in [4.78, 5) is 23.5. The summed E-state index contributed by atoms with van der Waals surface area (Å²) >= 11 is 5.74. The van der Waals surface area contributed by atoms with Gasteiger partial charge in [0.2, 0.25) is 0 Å². The monoisotopic (exact) mass is 310 g/mol. The normalized spacial score (nSPS) is 11.1. The first-order valence-corrected chi connectivity index (χ1v) is 7.03. The van der Waals surface area contributed by atoms with Gasteiger partial charge < -0.3 is 19.2 Å². The first-order valence-electron chi connectivity index (χ1n) is 6.65. The molecule has 6 nitrogen and oxygen atoms in total. The SMILES string of the molecule is Cc1[nH]cnc1CN(CCN(C)C)C(=O)c1ccc(Cl)o1. The van der Waals surface area contributed by atoms with Crippen LogP contribution in [0.1, 0.15) is 21.9 Å². The minimum absolute atomic E-state index is 0.189. The number of nitrogens with zero attached hydrogens (tertiary/aromatic N) is 3. The van der Waals surface area contributed by atoms with Crippen LogP contribution in [0.25, 0.3) is 0 Å². The highest BCUT2D eigenvalue weighted by atomic mass is 35.5. The fourth-order valence-electron chi connectivity index (χ4n) is 1.89. The van der Waals surface area contributed by atoms with E-state index in [2.05, 4.69) is 9.97 Å². The third-order valence-corrected chi connectivity index (χ3v) is 3.37. The number of carbonyl (C=O) groups is 1. The second-order valence-corrected chi connectivity index (χ2v) is 5.48. The van der Waals surface area contributed by atoms with Gasteiger partial charge in [-0.15, -0.1) is 0 Å². The molecule has 0 atom stereocenters. The van der Waals surface area contributed by atoms with Gasteiger partial charge in [-0.05, 0) is 44.8 Å². The third kappa shape index (κ3) is 4.09. The largest absolute Gasteiger partial charge is 0.440 e. The molecule has 2 aromatic rings. The first-order chi connectivity index (χ1) is 9.97. The van der Waals surface area contributed by atoms with E-state index in [9.17, 15) is 4.79 Å². The highest BCUT2D eigenvalue weighted by molar-refractivity contribution is 6.29. The predicted octanol–water partition coefficient (Wildman–Crippen LogP) is 2.17. The van der Waals surface area contributed by atoms with Crippen molar-refractivity contribution in [3.8, 4) is 0 Å². The van der Waals surface area contributed by atoms with E-state index in [0.29, 0.717) is 13.1 Å². The van der Waals surface area contributed by atoms with Gasteiger partial charge in [0.25, 0.3) is 5.91 Å². The Morgan fingerprint density at radius 1 is 1.38 bits per heavy atom. The zero-order valence-electron chi connectivity index (χ0n) is 12.4. The Kier molecular flexibility index (Phi) is 5.03. The van der Waals surface area contributed by atoms with Crippen molar-refractivity contribution in [2.75, 3.05) is 27.2 Å². The number of hydrogen-bond acceptors (Lipinski definition) is 4. The number of rotatable bonds is 6. The fourth-order valence-corrected chi connectivity index (χ4v) is 2.03. The number of H-pyrrole nitrogens is 1. The molecule has 0 bridgehead atoms. The molecular weight excluding hydrogens is 292 g/mol. The number of hydrogen-bond donors (Lipinski definition) is 1. The fraction of sp³-hybridized carbons (Fsp3) is 0.429. The van der Waals surface area contributed by atoms with Crippen molar-refractivity contribution in [2.45, 2.75) is 13.5 Å². The molecule has 0 aliphatic carbocycles. The van der Waals surface area contributed by atoms with Crippen LogP contribution in [0.15, 0.2) is 22.9 Å². The molecule has 0 aromatic carbocycles. The van der Waals surface area contributed by atoms with E-state index >= 15 is 0 Å². The zero-order chi connectivity index (χ0) is 15.4. The van der Waals surface area contributed by atoms with Gasteiger partial charge in [-0.2, -0.15) is 0 Å². The maximum Gasteiger partial charge on any atom is 0.290 e. The Hall–Kier alpha value is -1.79. The predicted molar refractivity (Wildman–Crippen MR) is 80.3 cm³/mol. The minimum Gasteiger partial charge on any atom is -0.440 e. The van der Waals surface area contributed by atoms with Crippen LogP contribution in [0.5, 0.6) is 0 Å². The highest BCUT2D eigenvalue weighted by Crippen LogP contribution is 2.16. The molecule has 0 radical (unpaired) electrons. The summed E-state index contributed by atoms with van der Waals surface area (Å²) < 4.78 is 5.21. The molecular formula is C14H19ClN4O2. The summed E-state index contributed by atoms with van der Waals surface area (Å²) in [6, 6.07) is 3.16. The lowest BCUT2D eigenvalue weighted by Gasteiger charge is -2.23. The Morgan fingerprint density at radius 2 is 2.14 bits per heavy atom. The van der Waals surface area contributed by atoms with Crippen LogP contribution < -0.4 is 0 Å². The minimum atomic E-state index is -0.189. The molecule has 0 spiro atoms. The lowest BCUT2D eigenvalue weighted by molar-refractivity contribution is 0.0697. The number of furan rings is 1. The van der Waals surface area contributed by atoms with Gasteiger partial charge in [-0.3, -0.25) is 4.79 Å². The summed E-state index contributed by atoms with van der Waals surface area (Å²) in [7, 11) is 3.93. The molecule has 21 heavy (non-hydrogen) atoms. The van der Waals surface area contributed by atoms with Gasteiger partial charge in [0.05, 0.1) is 18.6 Å². The van der Waals surface area contributed by atoms with Crippen LogP contribution in [0.3, 0.4) is 0 Å². The molecule has 2 rings (SSSR count). The number of aromatic amines is 1. The van der Waals surface area contributed by atoms with E-state index in [1.54, 1.807) is 23.4 Å². The van der Waals surface area contributed by atoms with Crippen molar-refractivity contribution >= 4 is 17.5 Å². The highest BCUT2D eigenvalue weighted by Gasteiger charge is 2.21. The molecule has 2 heterocycles. The topological polar surface area (TPSA) is 65.4 Å².